The van der Waals surface area contributed by atoms with Crippen molar-refractivity contribution >= 4 is 40.8 Å². The van der Waals surface area contributed by atoms with Crippen molar-refractivity contribution in [2.45, 2.75) is 68.5 Å². The van der Waals surface area contributed by atoms with Gasteiger partial charge in [-0.2, -0.15) is 13.2 Å². The molecule has 4 atom stereocenters. The second kappa shape index (κ2) is 11.5. The van der Waals surface area contributed by atoms with Gasteiger partial charge in [-0.25, -0.2) is 18.9 Å². The largest absolute Gasteiger partial charge is 0.479 e. The molecular formula is C28H23ClF4N4O7S. The molecule has 3 amide bonds. The summed E-state index contributed by atoms with van der Waals surface area (Å²) < 4.78 is 68.4. The number of alkyl halides is 3. The minimum Gasteiger partial charge on any atom is -0.479 e. The number of halogens is 5. The molecule has 238 valence electrons. The Kier molecular flexibility index (Phi) is 7.95. The van der Waals surface area contributed by atoms with Gasteiger partial charge in [-0.3, -0.25) is 4.79 Å². The minimum absolute atomic E-state index is 0.144. The van der Waals surface area contributed by atoms with Gasteiger partial charge < -0.3 is 24.6 Å². The summed E-state index contributed by atoms with van der Waals surface area (Å²) in [7, 11) is 0. The first kappa shape index (κ1) is 31.1. The Labute approximate surface area is 260 Å². The molecule has 2 N–H and O–H groups in total. The molecule has 1 aliphatic carbocycles. The van der Waals surface area contributed by atoms with Crippen LogP contribution in [-0.4, -0.2) is 78.3 Å². The standard InChI is InChI=1S/C28H23ClF4N4O7S/c29-20-15(6-7-16(30)21(20)44-19-11-14(38)10-17(43-19)24(39)40)23-35-34-18(45-23)12-36-26(42)37(25(41)27(36)8-9-27)22(28(31,32)33)13-4-2-1-3-5-13/h1-7,14,17,19,22,38H,8-12H2,(H,39,40)/t14?,17-,19-,22?/m0/s1. The van der Waals surface area contributed by atoms with E-state index < -0.39 is 65.7 Å². The fraction of sp³-hybridized carbons (Fsp3) is 0.393. The molecule has 1 aromatic heterocycles. The van der Waals surface area contributed by atoms with Gasteiger partial charge in [0.1, 0.15) is 15.6 Å². The zero-order chi connectivity index (χ0) is 32.3. The first-order valence-electron chi connectivity index (χ1n) is 13.6. The van der Waals surface area contributed by atoms with E-state index in [1.54, 1.807) is 0 Å². The number of carbonyl (C=O) groups is 3. The molecule has 3 heterocycles. The predicted octanol–water partition coefficient (Wildman–Crippen LogP) is 4.93. The van der Waals surface area contributed by atoms with E-state index in [-0.39, 0.29) is 63.3 Å². The second-order valence-electron chi connectivity index (χ2n) is 10.8. The number of nitrogens with zero attached hydrogens (tertiary/aromatic N) is 4. The van der Waals surface area contributed by atoms with Crippen LogP contribution >= 0.6 is 22.9 Å². The molecule has 17 heteroatoms. The van der Waals surface area contributed by atoms with Crippen LogP contribution in [0.25, 0.3) is 10.6 Å². The summed E-state index contributed by atoms with van der Waals surface area (Å²) in [5.41, 5.74) is -1.53. The number of imide groups is 1. The molecule has 3 fully saturated rings. The van der Waals surface area contributed by atoms with Gasteiger partial charge in [0.25, 0.3) is 5.91 Å². The summed E-state index contributed by atoms with van der Waals surface area (Å²) in [6, 6.07) is 5.44. The Balaban J connectivity index is 1.24. The van der Waals surface area contributed by atoms with E-state index in [4.69, 9.17) is 21.1 Å². The third-order valence-electron chi connectivity index (χ3n) is 7.81. The Morgan fingerprint density at radius 3 is 2.51 bits per heavy atom. The van der Waals surface area contributed by atoms with Crippen molar-refractivity contribution in [1.82, 2.24) is 20.0 Å². The lowest BCUT2D eigenvalue weighted by Crippen LogP contribution is -2.43. The van der Waals surface area contributed by atoms with Crippen LogP contribution in [0.2, 0.25) is 5.02 Å². The van der Waals surface area contributed by atoms with Crippen molar-refractivity contribution in [3.8, 4) is 16.3 Å². The Morgan fingerprint density at radius 2 is 1.87 bits per heavy atom. The summed E-state index contributed by atoms with van der Waals surface area (Å²) in [4.78, 5) is 39.5. The zero-order valence-electron chi connectivity index (χ0n) is 22.9. The predicted molar refractivity (Wildman–Crippen MR) is 147 cm³/mol. The van der Waals surface area contributed by atoms with E-state index in [0.717, 1.165) is 22.3 Å². The fourth-order valence-corrected chi connectivity index (χ4v) is 6.71. The molecule has 2 aliphatic heterocycles. The fourth-order valence-electron chi connectivity index (χ4n) is 5.50. The van der Waals surface area contributed by atoms with Crippen LogP contribution < -0.4 is 4.74 Å². The van der Waals surface area contributed by atoms with Crippen molar-refractivity contribution in [2.24, 2.45) is 0 Å². The lowest BCUT2D eigenvalue weighted by Gasteiger charge is -2.31. The van der Waals surface area contributed by atoms with E-state index in [1.165, 1.54) is 36.4 Å². The lowest BCUT2D eigenvalue weighted by molar-refractivity contribution is -0.195. The number of ether oxygens (including phenoxy) is 2. The van der Waals surface area contributed by atoms with E-state index in [0.29, 0.717) is 0 Å². The number of aliphatic hydroxyl groups excluding tert-OH is 1. The number of hydrogen-bond donors (Lipinski definition) is 2. The second-order valence-corrected chi connectivity index (χ2v) is 12.2. The van der Waals surface area contributed by atoms with Crippen LogP contribution in [0.4, 0.5) is 22.4 Å². The maximum atomic E-state index is 14.8. The van der Waals surface area contributed by atoms with E-state index in [9.17, 15) is 42.2 Å². The first-order valence-corrected chi connectivity index (χ1v) is 14.8. The Morgan fingerprint density at radius 1 is 1.16 bits per heavy atom. The minimum atomic E-state index is -4.93. The van der Waals surface area contributed by atoms with Gasteiger partial charge in [0.05, 0.1) is 17.7 Å². The van der Waals surface area contributed by atoms with Crippen molar-refractivity contribution in [1.29, 1.82) is 0 Å². The number of amides is 3. The number of carboxylic acids is 1. The summed E-state index contributed by atoms with van der Waals surface area (Å²) in [6.45, 7) is -0.315. The van der Waals surface area contributed by atoms with Gasteiger partial charge in [0, 0.05) is 18.4 Å². The first-order chi connectivity index (χ1) is 21.3. The summed E-state index contributed by atoms with van der Waals surface area (Å²) in [6.07, 6.45) is -8.66. The summed E-state index contributed by atoms with van der Waals surface area (Å²) in [5.74, 6) is -3.65. The molecule has 0 radical (unpaired) electrons. The molecule has 2 aromatic carbocycles. The number of carbonyl (C=O) groups excluding carboxylic acids is 2. The highest BCUT2D eigenvalue weighted by atomic mass is 35.5. The number of aliphatic hydroxyl groups is 1. The van der Waals surface area contributed by atoms with Gasteiger partial charge in [0.2, 0.25) is 6.29 Å². The normalized spacial score (nSPS) is 23.5. The molecular weight excluding hydrogens is 648 g/mol. The molecule has 45 heavy (non-hydrogen) atoms. The smallest absolute Gasteiger partial charge is 0.413 e. The van der Waals surface area contributed by atoms with Crippen molar-refractivity contribution < 1.29 is 51.6 Å². The summed E-state index contributed by atoms with van der Waals surface area (Å²) in [5, 5.41) is 27.4. The molecule has 6 rings (SSSR count). The maximum Gasteiger partial charge on any atom is 0.413 e. The molecule has 2 saturated heterocycles. The van der Waals surface area contributed by atoms with E-state index in [1.807, 2.05) is 0 Å². The highest BCUT2D eigenvalue weighted by molar-refractivity contribution is 7.14. The van der Waals surface area contributed by atoms with Gasteiger partial charge in [0.15, 0.2) is 23.7 Å². The topological polar surface area (TPSA) is 142 Å². The summed E-state index contributed by atoms with van der Waals surface area (Å²) >= 11 is 7.37. The van der Waals surface area contributed by atoms with Gasteiger partial charge in [-0.1, -0.05) is 53.3 Å². The van der Waals surface area contributed by atoms with Crippen LogP contribution in [0.5, 0.6) is 5.75 Å². The number of benzene rings is 2. The van der Waals surface area contributed by atoms with Crippen LogP contribution in [0.15, 0.2) is 42.5 Å². The van der Waals surface area contributed by atoms with E-state index in [2.05, 4.69) is 10.2 Å². The molecule has 11 nitrogen and oxygen atoms in total. The average Bonchev–Trinajstić information content (AvgIpc) is 3.61. The van der Waals surface area contributed by atoms with Crippen molar-refractivity contribution in [3.05, 3.63) is 63.9 Å². The average molecular weight is 671 g/mol. The molecule has 3 aliphatic rings. The molecule has 1 saturated carbocycles. The third-order valence-corrected chi connectivity index (χ3v) is 9.13. The zero-order valence-corrected chi connectivity index (χ0v) is 24.5. The van der Waals surface area contributed by atoms with Crippen LogP contribution in [0, 0.1) is 5.82 Å². The van der Waals surface area contributed by atoms with Crippen molar-refractivity contribution in [3.63, 3.8) is 0 Å². The highest BCUT2D eigenvalue weighted by Crippen LogP contribution is 2.53. The Bertz CT molecular complexity index is 1660. The van der Waals surface area contributed by atoms with Crippen LogP contribution in [0.1, 0.15) is 42.3 Å². The number of rotatable bonds is 8. The molecule has 3 aromatic rings. The number of urea groups is 1. The number of carboxylic acid groups (broad SMARTS) is 1. The Hall–Kier alpha value is -3.86. The molecule has 0 bridgehead atoms. The molecule has 1 spiro atoms. The van der Waals surface area contributed by atoms with Crippen LogP contribution in [0.3, 0.4) is 0 Å². The third kappa shape index (κ3) is 5.71. The monoisotopic (exact) mass is 670 g/mol. The maximum absolute atomic E-state index is 14.8. The SMILES string of the molecule is O=C(O)[C@@H]1CC(O)C[C@H](Oc2c(F)ccc(-c3nnc(CN4C(=O)N(C(c5ccccc5)C(F)(F)F)C(=O)C45CC5)s3)c2Cl)O1. The lowest BCUT2D eigenvalue weighted by atomic mass is 10.0. The number of aliphatic carboxylic acids is 1. The van der Waals surface area contributed by atoms with Gasteiger partial charge in [-0.05, 0) is 30.5 Å². The molecule has 2 unspecified atom stereocenters. The van der Waals surface area contributed by atoms with Gasteiger partial charge >= 0.3 is 18.2 Å². The number of hydrogen-bond acceptors (Lipinski definition) is 9. The van der Waals surface area contributed by atoms with Crippen LogP contribution in [-0.2, 0) is 20.9 Å². The highest BCUT2D eigenvalue weighted by Gasteiger charge is 2.68. The van der Waals surface area contributed by atoms with Gasteiger partial charge in [-0.15, -0.1) is 10.2 Å². The van der Waals surface area contributed by atoms with Crippen molar-refractivity contribution in [2.75, 3.05) is 0 Å². The quantitative estimate of drug-likeness (QED) is 0.252. The number of aromatic nitrogens is 2. The van der Waals surface area contributed by atoms with E-state index >= 15 is 0 Å².